The van der Waals surface area contributed by atoms with Gasteiger partial charge in [-0.3, -0.25) is 9.89 Å². The van der Waals surface area contributed by atoms with Crippen molar-refractivity contribution in [1.29, 1.82) is 0 Å². The molecule has 2 aliphatic rings. The third-order valence-corrected chi connectivity index (χ3v) is 5.82. The van der Waals surface area contributed by atoms with Gasteiger partial charge in [-0.05, 0) is 63.4 Å². The summed E-state index contributed by atoms with van der Waals surface area (Å²) in [5.41, 5.74) is 2.12. The molecule has 8 nitrogen and oxygen atoms in total. The van der Waals surface area contributed by atoms with Gasteiger partial charge in [0.2, 0.25) is 12.7 Å². The van der Waals surface area contributed by atoms with Crippen LogP contribution < -0.4 is 20.1 Å². The second kappa shape index (κ2) is 9.38. The molecule has 1 aromatic carbocycles. The molecular weight excluding hydrogens is 382 g/mol. The number of nitrogens with zero attached hydrogens (tertiary/aromatic N) is 3. The molecule has 0 saturated carbocycles. The first-order valence-electron chi connectivity index (χ1n) is 10.6. The van der Waals surface area contributed by atoms with Crippen LogP contribution in [-0.4, -0.2) is 49.3 Å². The van der Waals surface area contributed by atoms with Crippen LogP contribution in [0.1, 0.15) is 35.7 Å². The predicted molar refractivity (Wildman–Crippen MR) is 115 cm³/mol. The lowest BCUT2D eigenvalue weighted by Crippen LogP contribution is -2.42. The molecule has 0 atom stereocenters. The number of guanidine groups is 1. The van der Waals surface area contributed by atoms with Gasteiger partial charge < -0.3 is 24.5 Å². The zero-order chi connectivity index (χ0) is 20.9. The van der Waals surface area contributed by atoms with Crippen molar-refractivity contribution < 1.29 is 13.9 Å². The average molecular weight is 414 g/mol. The quantitative estimate of drug-likeness (QED) is 0.556. The lowest BCUT2D eigenvalue weighted by molar-refractivity contribution is 0.164. The van der Waals surface area contributed by atoms with E-state index in [1.54, 1.807) is 7.05 Å². The van der Waals surface area contributed by atoms with E-state index >= 15 is 0 Å². The zero-order valence-electron chi connectivity index (χ0n) is 18.0. The minimum Gasteiger partial charge on any atom is -0.454 e. The molecule has 3 heterocycles. The fraction of sp³-hybridized carbons (Fsp3) is 0.545. The predicted octanol–water partition coefficient (Wildman–Crippen LogP) is 2.60. The number of hydrogen-bond donors (Lipinski definition) is 2. The number of aryl methyl sites for hydroxylation is 2. The van der Waals surface area contributed by atoms with Crippen molar-refractivity contribution in [2.45, 2.75) is 39.8 Å². The van der Waals surface area contributed by atoms with Crippen LogP contribution in [0.5, 0.6) is 11.5 Å². The molecule has 2 aromatic rings. The number of likely N-dealkylation sites (tertiary alicyclic amines) is 1. The number of aliphatic imine (C=N–C) groups is 1. The minimum atomic E-state index is 0.297. The maximum atomic E-state index is 5.72. The highest BCUT2D eigenvalue weighted by molar-refractivity contribution is 5.79. The molecule has 4 rings (SSSR count). The second-order valence-electron chi connectivity index (χ2n) is 7.96. The van der Waals surface area contributed by atoms with Crippen molar-refractivity contribution in [2.75, 3.05) is 33.5 Å². The molecule has 0 spiro atoms. The number of rotatable bonds is 6. The Morgan fingerprint density at radius 1 is 1.17 bits per heavy atom. The van der Waals surface area contributed by atoms with E-state index in [0.29, 0.717) is 19.3 Å². The molecule has 162 valence electrons. The van der Waals surface area contributed by atoms with Crippen molar-refractivity contribution in [3.63, 3.8) is 0 Å². The van der Waals surface area contributed by atoms with Gasteiger partial charge in [-0.1, -0.05) is 6.07 Å². The van der Waals surface area contributed by atoms with Crippen LogP contribution in [-0.2, 0) is 13.1 Å². The highest BCUT2D eigenvalue weighted by Gasteiger charge is 2.21. The molecule has 0 bridgehead atoms. The molecule has 2 N–H and O–H groups in total. The summed E-state index contributed by atoms with van der Waals surface area (Å²) in [4.78, 5) is 11.3. The maximum Gasteiger partial charge on any atom is 0.231 e. The molecule has 30 heavy (non-hydrogen) atoms. The standard InChI is InChI=1S/C22H31N5O3/c1-15-16(2)30-21(26-15)13-27-8-6-17(7-9-27)11-24-22(23-3)25-12-18-4-5-19-20(10-18)29-14-28-19/h4-5,10,17H,6-9,11-14H2,1-3H3,(H2,23,24,25). The summed E-state index contributed by atoms with van der Waals surface area (Å²) in [5, 5.41) is 6.85. The fourth-order valence-corrected chi connectivity index (χ4v) is 3.85. The van der Waals surface area contributed by atoms with Crippen LogP contribution in [0.25, 0.3) is 0 Å². The van der Waals surface area contributed by atoms with Crippen molar-refractivity contribution in [2.24, 2.45) is 10.9 Å². The van der Waals surface area contributed by atoms with Crippen LogP contribution >= 0.6 is 0 Å². The van der Waals surface area contributed by atoms with Gasteiger partial charge in [0.05, 0.1) is 12.2 Å². The Labute approximate surface area is 177 Å². The van der Waals surface area contributed by atoms with E-state index in [1.807, 2.05) is 32.0 Å². The highest BCUT2D eigenvalue weighted by Crippen LogP contribution is 2.32. The van der Waals surface area contributed by atoms with E-state index in [4.69, 9.17) is 13.9 Å². The summed E-state index contributed by atoms with van der Waals surface area (Å²) >= 11 is 0. The number of hydrogen-bond acceptors (Lipinski definition) is 6. The lowest BCUT2D eigenvalue weighted by atomic mass is 9.97. The first-order valence-corrected chi connectivity index (χ1v) is 10.6. The van der Waals surface area contributed by atoms with E-state index in [0.717, 1.165) is 79.4 Å². The second-order valence-corrected chi connectivity index (χ2v) is 7.96. The Kier molecular flexibility index (Phi) is 6.42. The van der Waals surface area contributed by atoms with E-state index in [9.17, 15) is 0 Å². The van der Waals surface area contributed by atoms with Crippen molar-refractivity contribution in [1.82, 2.24) is 20.5 Å². The van der Waals surface area contributed by atoms with Crippen LogP contribution in [0.15, 0.2) is 27.6 Å². The van der Waals surface area contributed by atoms with Crippen LogP contribution in [0, 0.1) is 19.8 Å². The van der Waals surface area contributed by atoms with Gasteiger partial charge in [0.25, 0.3) is 0 Å². The summed E-state index contributed by atoms with van der Waals surface area (Å²) in [7, 11) is 1.80. The van der Waals surface area contributed by atoms with Crippen molar-refractivity contribution in [3.05, 3.63) is 41.1 Å². The topological polar surface area (TPSA) is 84.2 Å². The fourth-order valence-electron chi connectivity index (χ4n) is 3.85. The largest absolute Gasteiger partial charge is 0.454 e. The van der Waals surface area contributed by atoms with E-state index in [2.05, 4.69) is 25.5 Å². The molecular formula is C22H31N5O3. The van der Waals surface area contributed by atoms with Crippen molar-refractivity contribution in [3.8, 4) is 11.5 Å². The van der Waals surface area contributed by atoms with Crippen LogP contribution in [0.3, 0.4) is 0 Å². The first-order chi connectivity index (χ1) is 14.6. The molecule has 1 aromatic heterocycles. The van der Waals surface area contributed by atoms with Gasteiger partial charge >= 0.3 is 0 Å². The highest BCUT2D eigenvalue weighted by atomic mass is 16.7. The minimum absolute atomic E-state index is 0.297. The summed E-state index contributed by atoms with van der Waals surface area (Å²) in [6, 6.07) is 6.00. The number of benzene rings is 1. The van der Waals surface area contributed by atoms with E-state index in [-0.39, 0.29) is 0 Å². The summed E-state index contributed by atoms with van der Waals surface area (Å²) < 4.78 is 16.5. The molecule has 0 amide bonds. The van der Waals surface area contributed by atoms with Gasteiger partial charge in [-0.15, -0.1) is 0 Å². The Bertz CT molecular complexity index is 867. The first kappa shape index (κ1) is 20.5. The molecule has 1 saturated heterocycles. The Balaban J connectivity index is 1.18. The third-order valence-electron chi connectivity index (χ3n) is 5.82. The Hall–Kier alpha value is -2.74. The molecule has 0 radical (unpaired) electrons. The molecule has 2 aliphatic heterocycles. The zero-order valence-corrected chi connectivity index (χ0v) is 18.0. The average Bonchev–Trinajstić information content (AvgIpc) is 3.34. The maximum absolute atomic E-state index is 5.72. The van der Waals surface area contributed by atoms with Gasteiger partial charge in [0.15, 0.2) is 17.5 Å². The lowest BCUT2D eigenvalue weighted by Gasteiger charge is -2.31. The van der Waals surface area contributed by atoms with Crippen molar-refractivity contribution >= 4 is 5.96 Å². The van der Waals surface area contributed by atoms with Gasteiger partial charge in [-0.2, -0.15) is 0 Å². The Morgan fingerprint density at radius 3 is 2.70 bits per heavy atom. The monoisotopic (exact) mass is 413 g/mol. The van der Waals surface area contributed by atoms with Crippen LogP contribution in [0.2, 0.25) is 0 Å². The number of ether oxygens (including phenoxy) is 2. The van der Waals surface area contributed by atoms with E-state index < -0.39 is 0 Å². The molecule has 1 fully saturated rings. The smallest absolute Gasteiger partial charge is 0.231 e. The SMILES string of the molecule is CN=C(NCc1ccc2c(c1)OCO2)NCC1CCN(Cc2nc(C)c(C)o2)CC1. The Morgan fingerprint density at radius 2 is 1.97 bits per heavy atom. The molecule has 0 unspecified atom stereocenters. The number of oxazole rings is 1. The third kappa shape index (κ3) is 5.05. The molecule has 8 heteroatoms. The normalized spacial score (nSPS) is 17.4. The summed E-state index contributed by atoms with van der Waals surface area (Å²) in [5.74, 6) is 4.82. The number of nitrogens with one attached hydrogen (secondary N) is 2. The summed E-state index contributed by atoms with van der Waals surface area (Å²) in [6.45, 7) is 8.80. The van der Waals surface area contributed by atoms with E-state index in [1.165, 1.54) is 0 Å². The van der Waals surface area contributed by atoms with Gasteiger partial charge in [-0.25, -0.2) is 4.98 Å². The van der Waals surface area contributed by atoms with Gasteiger partial charge in [0, 0.05) is 20.1 Å². The number of piperidine rings is 1. The van der Waals surface area contributed by atoms with Gasteiger partial charge in [0.1, 0.15) is 5.76 Å². The number of aromatic nitrogens is 1. The van der Waals surface area contributed by atoms with Crippen LogP contribution in [0.4, 0.5) is 0 Å². The number of fused-ring (bicyclic) bond motifs is 1. The molecule has 0 aliphatic carbocycles. The summed E-state index contributed by atoms with van der Waals surface area (Å²) in [6.07, 6.45) is 2.32.